The van der Waals surface area contributed by atoms with Crippen LogP contribution in [0.4, 0.5) is 0 Å². The lowest BCUT2D eigenvalue weighted by atomic mass is 10.2. The Labute approximate surface area is 94.5 Å². The molecule has 0 saturated heterocycles. The Morgan fingerprint density at radius 1 is 1.67 bits per heavy atom. The molecule has 0 aromatic carbocycles. The Morgan fingerprint density at radius 3 is 3.00 bits per heavy atom. The van der Waals surface area contributed by atoms with E-state index in [-0.39, 0.29) is 5.78 Å². The summed E-state index contributed by atoms with van der Waals surface area (Å²) >= 11 is 3.31. The van der Waals surface area contributed by atoms with Gasteiger partial charge in [0.25, 0.3) is 0 Å². The minimum absolute atomic E-state index is 0.175. The average Bonchev–Trinajstić information content (AvgIpc) is 2.61. The Morgan fingerprint density at radius 2 is 2.40 bits per heavy atom. The first kappa shape index (κ1) is 10.3. The molecule has 2 rings (SSSR count). The molecule has 1 unspecified atom stereocenters. The van der Waals surface area contributed by atoms with Crippen LogP contribution in [0, 0.1) is 0 Å². The summed E-state index contributed by atoms with van der Waals surface area (Å²) in [7, 11) is 0. The number of fused-ring (bicyclic) bond motifs is 1. The van der Waals surface area contributed by atoms with Gasteiger partial charge in [-0.1, -0.05) is 0 Å². The normalized spacial score (nSPS) is 13.0. The van der Waals surface area contributed by atoms with Gasteiger partial charge in [-0.3, -0.25) is 9.20 Å². The van der Waals surface area contributed by atoms with Crippen LogP contribution in [0.3, 0.4) is 0 Å². The van der Waals surface area contributed by atoms with Gasteiger partial charge in [-0.25, -0.2) is 9.97 Å². The van der Waals surface area contributed by atoms with Gasteiger partial charge < -0.3 is 5.73 Å². The standard InChI is InChI=1S/C9H9BrN4O/c1-5(11)8(15)7-3-14-4-12-2-6(10)9(14)13-7/h2-5H,11H2,1H3. The van der Waals surface area contributed by atoms with Crippen molar-refractivity contribution < 1.29 is 4.79 Å². The van der Waals surface area contributed by atoms with E-state index >= 15 is 0 Å². The Hall–Kier alpha value is -1.27. The number of Topliss-reactive ketones (excluding diaryl/α,β-unsaturated/α-hetero) is 1. The fourth-order valence-electron chi connectivity index (χ4n) is 1.24. The number of aromatic nitrogens is 3. The van der Waals surface area contributed by atoms with Gasteiger partial charge in [0.05, 0.1) is 10.5 Å². The van der Waals surface area contributed by atoms with E-state index in [1.54, 1.807) is 30.0 Å². The zero-order valence-electron chi connectivity index (χ0n) is 8.01. The van der Waals surface area contributed by atoms with Crippen LogP contribution in [0.25, 0.3) is 5.65 Å². The molecular formula is C9H9BrN4O. The van der Waals surface area contributed by atoms with E-state index in [1.807, 2.05) is 0 Å². The summed E-state index contributed by atoms with van der Waals surface area (Å²) in [4.78, 5) is 19.7. The first-order valence-electron chi connectivity index (χ1n) is 4.37. The summed E-state index contributed by atoms with van der Waals surface area (Å²) in [5.74, 6) is -0.175. The molecule has 0 aliphatic heterocycles. The third-order valence-electron chi connectivity index (χ3n) is 1.99. The molecule has 0 radical (unpaired) electrons. The van der Waals surface area contributed by atoms with E-state index in [1.165, 1.54) is 0 Å². The number of ketones is 1. The van der Waals surface area contributed by atoms with Gasteiger partial charge >= 0.3 is 0 Å². The van der Waals surface area contributed by atoms with Gasteiger partial charge in [0.15, 0.2) is 11.4 Å². The number of nitrogens with two attached hydrogens (primary N) is 1. The highest BCUT2D eigenvalue weighted by Gasteiger charge is 2.15. The highest BCUT2D eigenvalue weighted by molar-refractivity contribution is 9.10. The minimum Gasteiger partial charge on any atom is -0.321 e. The molecule has 15 heavy (non-hydrogen) atoms. The number of rotatable bonds is 2. The number of halogens is 1. The van der Waals surface area contributed by atoms with Crippen LogP contribution in [-0.4, -0.2) is 26.2 Å². The molecule has 78 valence electrons. The molecule has 2 heterocycles. The summed E-state index contributed by atoms with van der Waals surface area (Å²) in [5, 5.41) is 0. The highest BCUT2D eigenvalue weighted by Crippen LogP contribution is 2.16. The highest BCUT2D eigenvalue weighted by atomic mass is 79.9. The van der Waals surface area contributed by atoms with Crippen molar-refractivity contribution in [2.24, 2.45) is 5.73 Å². The largest absolute Gasteiger partial charge is 0.321 e. The van der Waals surface area contributed by atoms with Crippen molar-refractivity contribution >= 4 is 27.4 Å². The quantitative estimate of drug-likeness (QED) is 0.826. The van der Waals surface area contributed by atoms with E-state index in [0.29, 0.717) is 11.3 Å². The monoisotopic (exact) mass is 268 g/mol. The predicted octanol–water partition coefficient (Wildman–Crippen LogP) is 1.02. The lowest BCUT2D eigenvalue weighted by Gasteiger charge is -1.97. The van der Waals surface area contributed by atoms with Gasteiger partial charge in [0.1, 0.15) is 12.0 Å². The molecule has 5 nitrogen and oxygen atoms in total. The summed E-state index contributed by atoms with van der Waals surface area (Å²) in [5.41, 5.74) is 6.52. The van der Waals surface area contributed by atoms with Crippen molar-refractivity contribution in [1.29, 1.82) is 0 Å². The van der Waals surface area contributed by atoms with Crippen LogP contribution in [0.15, 0.2) is 23.2 Å². The first-order chi connectivity index (χ1) is 7.09. The summed E-state index contributed by atoms with van der Waals surface area (Å²) in [6.07, 6.45) is 4.84. The second kappa shape index (κ2) is 3.71. The van der Waals surface area contributed by atoms with Crippen molar-refractivity contribution in [3.63, 3.8) is 0 Å². The van der Waals surface area contributed by atoms with Gasteiger partial charge in [-0.2, -0.15) is 0 Å². The van der Waals surface area contributed by atoms with E-state index in [9.17, 15) is 4.79 Å². The second-order valence-corrected chi connectivity index (χ2v) is 4.11. The topological polar surface area (TPSA) is 73.3 Å². The molecule has 6 heteroatoms. The Kier molecular flexibility index (Phi) is 2.54. The first-order valence-corrected chi connectivity index (χ1v) is 5.17. The summed E-state index contributed by atoms with van der Waals surface area (Å²) in [6, 6.07) is -0.540. The molecule has 2 N–H and O–H groups in total. The number of imidazole rings is 1. The van der Waals surface area contributed by atoms with Crippen molar-refractivity contribution in [3.05, 3.63) is 28.9 Å². The van der Waals surface area contributed by atoms with Gasteiger partial charge in [0, 0.05) is 12.4 Å². The molecule has 0 spiro atoms. The fourth-order valence-corrected chi connectivity index (χ4v) is 1.65. The van der Waals surface area contributed by atoms with Gasteiger partial charge in [-0.05, 0) is 22.9 Å². The third-order valence-corrected chi connectivity index (χ3v) is 2.55. The fraction of sp³-hybridized carbons (Fsp3) is 0.222. The number of carbonyl (C=O) groups is 1. The number of carbonyl (C=O) groups excluding carboxylic acids is 1. The Balaban J connectivity index is 2.57. The lowest BCUT2D eigenvalue weighted by Crippen LogP contribution is -2.26. The van der Waals surface area contributed by atoms with Crippen molar-refractivity contribution in [2.75, 3.05) is 0 Å². The smallest absolute Gasteiger partial charge is 0.199 e. The average molecular weight is 269 g/mol. The van der Waals surface area contributed by atoms with Gasteiger partial charge in [-0.15, -0.1) is 0 Å². The number of hydrogen-bond acceptors (Lipinski definition) is 4. The van der Waals surface area contributed by atoms with E-state index in [2.05, 4.69) is 25.9 Å². The van der Waals surface area contributed by atoms with E-state index in [0.717, 1.165) is 4.47 Å². The molecule has 0 amide bonds. The summed E-state index contributed by atoms with van der Waals surface area (Å²) in [6.45, 7) is 1.64. The molecular weight excluding hydrogens is 260 g/mol. The molecule has 2 aromatic heterocycles. The molecule has 1 atom stereocenters. The Bertz CT molecular complexity index is 520. The van der Waals surface area contributed by atoms with Gasteiger partial charge in [0.2, 0.25) is 0 Å². The van der Waals surface area contributed by atoms with Crippen molar-refractivity contribution in [1.82, 2.24) is 14.4 Å². The van der Waals surface area contributed by atoms with E-state index in [4.69, 9.17) is 5.73 Å². The minimum atomic E-state index is -0.540. The van der Waals surface area contributed by atoms with Crippen LogP contribution >= 0.6 is 15.9 Å². The van der Waals surface area contributed by atoms with E-state index < -0.39 is 6.04 Å². The zero-order chi connectivity index (χ0) is 11.0. The second-order valence-electron chi connectivity index (χ2n) is 3.25. The van der Waals surface area contributed by atoms with Crippen molar-refractivity contribution in [2.45, 2.75) is 13.0 Å². The van der Waals surface area contributed by atoms with Crippen LogP contribution in [0.2, 0.25) is 0 Å². The van der Waals surface area contributed by atoms with Crippen LogP contribution < -0.4 is 5.73 Å². The molecule has 0 saturated carbocycles. The molecule has 0 fully saturated rings. The maximum Gasteiger partial charge on any atom is 0.199 e. The zero-order valence-corrected chi connectivity index (χ0v) is 9.60. The molecule has 0 bridgehead atoms. The maximum atomic E-state index is 11.6. The molecule has 0 aliphatic rings. The lowest BCUT2D eigenvalue weighted by molar-refractivity contribution is 0.0963. The SMILES string of the molecule is CC(N)C(=O)c1cn2cncc(Br)c2n1. The molecule has 2 aromatic rings. The molecule has 0 aliphatic carbocycles. The predicted molar refractivity (Wildman–Crippen MR) is 58.7 cm³/mol. The van der Waals surface area contributed by atoms with Crippen LogP contribution in [0.1, 0.15) is 17.4 Å². The number of nitrogens with zero attached hydrogens (tertiary/aromatic N) is 3. The van der Waals surface area contributed by atoms with Crippen molar-refractivity contribution in [3.8, 4) is 0 Å². The third kappa shape index (κ3) is 1.78. The maximum absolute atomic E-state index is 11.6. The summed E-state index contributed by atoms with van der Waals surface area (Å²) < 4.78 is 2.42. The van der Waals surface area contributed by atoms with Crippen LogP contribution in [-0.2, 0) is 0 Å². The number of hydrogen-bond donors (Lipinski definition) is 1. The van der Waals surface area contributed by atoms with Crippen LogP contribution in [0.5, 0.6) is 0 Å².